The van der Waals surface area contributed by atoms with Crippen molar-refractivity contribution in [1.29, 1.82) is 0 Å². The second kappa shape index (κ2) is 11.2. The second-order valence-corrected chi connectivity index (χ2v) is 10.2. The zero-order valence-electron chi connectivity index (χ0n) is 21.6. The zero-order chi connectivity index (χ0) is 26.8. The van der Waals surface area contributed by atoms with E-state index < -0.39 is 11.9 Å². The molecule has 200 valence electrons. The number of Topliss-reactive ketones (excluding diaryl/α,β-unsaturated/α-hetero) is 1. The number of carbonyl (C=O) groups excluding carboxylic acids is 2. The van der Waals surface area contributed by atoms with Crippen molar-refractivity contribution in [1.82, 2.24) is 5.32 Å². The minimum absolute atomic E-state index is 0.00740. The molecule has 38 heavy (non-hydrogen) atoms. The first-order chi connectivity index (χ1) is 18.4. The van der Waals surface area contributed by atoms with Gasteiger partial charge in [0.2, 0.25) is 6.79 Å². The SMILES string of the molecule is CCOCCOC(=O)C1=C(C)NC2=C(C(=O)CC(c3ccc(OC)cc3)C2)C1c1cc2c(cc1Br)OCO2. The summed E-state index contributed by atoms with van der Waals surface area (Å²) in [6.45, 7) is 4.81. The van der Waals surface area contributed by atoms with Crippen LogP contribution in [0.15, 0.2) is 63.4 Å². The van der Waals surface area contributed by atoms with Crippen LogP contribution < -0.4 is 19.5 Å². The van der Waals surface area contributed by atoms with E-state index in [9.17, 15) is 9.59 Å². The summed E-state index contributed by atoms with van der Waals surface area (Å²) in [5.41, 5.74) is 4.27. The average Bonchev–Trinajstić information content (AvgIpc) is 3.37. The molecule has 0 saturated heterocycles. The molecule has 2 heterocycles. The van der Waals surface area contributed by atoms with E-state index >= 15 is 0 Å². The van der Waals surface area contributed by atoms with Crippen LogP contribution in [-0.2, 0) is 19.1 Å². The molecule has 2 aromatic carbocycles. The Kier molecular flexibility index (Phi) is 7.76. The molecule has 0 aromatic heterocycles. The Morgan fingerprint density at radius 3 is 2.55 bits per heavy atom. The number of ether oxygens (including phenoxy) is 5. The minimum atomic E-state index is -0.626. The quantitative estimate of drug-likeness (QED) is 0.338. The van der Waals surface area contributed by atoms with Crippen LogP contribution in [0.2, 0.25) is 0 Å². The third-order valence-corrected chi connectivity index (χ3v) is 7.79. The fourth-order valence-electron chi connectivity index (χ4n) is 5.30. The fraction of sp³-hybridized carbons (Fsp3) is 0.379. The van der Waals surface area contributed by atoms with Gasteiger partial charge in [-0.05, 0) is 61.6 Å². The summed E-state index contributed by atoms with van der Waals surface area (Å²) < 4.78 is 28.1. The molecule has 0 spiro atoms. The predicted octanol–water partition coefficient (Wildman–Crippen LogP) is 5.13. The van der Waals surface area contributed by atoms with E-state index in [1.807, 2.05) is 50.2 Å². The molecule has 2 unspecified atom stereocenters. The van der Waals surface area contributed by atoms with Crippen molar-refractivity contribution in [3.05, 3.63) is 74.5 Å². The van der Waals surface area contributed by atoms with Gasteiger partial charge < -0.3 is 29.0 Å². The number of halogens is 1. The molecule has 8 nitrogen and oxygen atoms in total. The monoisotopic (exact) mass is 583 g/mol. The van der Waals surface area contributed by atoms with Gasteiger partial charge in [-0.2, -0.15) is 0 Å². The molecule has 1 N–H and O–H groups in total. The maximum Gasteiger partial charge on any atom is 0.336 e. The molecule has 0 amide bonds. The standard InChI is InChI=1S/C29H30BrNO7/c1-4-35-9-10-36-29(33)26-16(2)31-22-11-18(17-5-7-19(34-3)8-6-17)12-23(32)28(22)27(26)20-13-24-25(14-21(20)30)38-15-37-24/h5-8,13-14,18,27,31H,4,9-12,15H2,1-3H3. The fourth-order valence-corrected chi connectivity index (χ4v) is 5.85. The van der Waals surface area contributed by atoms with E-state index in [1.54, 1.807) is 7.11 Å². The molecule has 0 fully saturated rings. The van der Waals surface area contributed by atoms with Crippen molar-refractivity contribution in [3.63, 3.8) is 0 Å². The maximum atomic E-state index is 13.8. The summed E-state index contributed by atoms with van der Waals surface area (Å²) in [7, 11) is 1.63. The lowest BCUT2D eigenvalue weighted by Crippen LogP contribution is -2.36. The van der Waals surface area contributed by atoms with Crippen LogP contribution in [0, 0.1) is 0 Å². The molecule has 3 aliphatic rings. The highest BCUT2D eigenvalue weighted by molar-refractivity contribution is 9.10. The third-order valence-electron chi connectivity index (χ3n) is 7.10. The van der Waals surface area contributed by atoms with Gasteiger partial charge in [-0.1, -0.05) is 28.1 Å². The van der Waals surface area contributed by atoms with Crippen LogP contribution >= 0.6 is 15.9 Å². The number of nitrogens with one attached hydrogen (secondary N) is 1. The largest absolute Gasteiger partial charge is 0.497 e. The van der Waals surface area contributed by atoms with E-state index in [0.29, 0.717) is 54.4 Å². The Morgan fingerprint density at radius 2 is 1.84 bits per heavy atom. The number of rotatable bonds is 8. The van der Waals surface area contributed by atoms with E-state index in [1.165, 1.54) is 0 Å². The van der Waals surface area contributed by atoms with Crippen molar-refractivity contribution in [2.45, 2.75) is 38.5 Å². The van der Waals surface area contributed by atoms with Gasteiger partial charge in [0.1, 0.15) is 12.4 Å². The molecule has 0 radical (unpaired) electrons. The van der Waals surface area contributed by atoms with Crippen molar-refractivity contribution >= 4 is 27.7 Å². The molecule has 2 aliphatic heterocycles. The number of dihydropyridines is 1. The first kappa shape index (κ1) is 26.3. The number of benzene rings is 2. The van der Waals surface area contributed by atoms with Crippen molar-refractivity contribution in [3.8, 4) is 17.2 Å². The highest BCUT2D eigenvalue weighted by atomic mass is 79.9. The highest BCUT2D eigenvalue weighted by Gasteiger charge is 2.42. The molecule has 2 atom stereocenters. The lowest BCUT2D eigenvalue weighted by Gasteiger charge is -2.37. The van der Waals surface area contributed by atoms with Crippen LogP contribution in [0.1, 0.15) is 49.7 Å². The van der Waals surface area contributed by atoms with E-state index in [2.05, 4.69) is 21.2 Å². The molecule has 9 heteroatoms. The van der Waals surface area contributed by atoms with Gasteiger partial charge in [0.25, 0.3) is 0 Å². The Balaban J connectivity index is 1.54. The molecule has 2 aromatic rings. The summed E-state index contributed by atoms with van der Waals surface area (Å²) in [4.78, 5) is 27.3. The number of hydrogen-bond acceptors (Lipinski definition) is 8. The number of methoxy groups -OCH3 is 1. The van der Waals surface area contributed by atoms with Gasteiger partial charge in [-0.15, -0.1) is 0 Å². The van der Waals surface area contributed by atoms with Gasteiger partial charge in [-0.3, -0.25) is 4.79 Å². The Bertz CT molecular complexity index is 1310. The first-order valence-corrected chi connectivity index (χ1v) is 13.4. The second-order valence-electron chi connectivity index (χ2n) is 9.35. The van der Waals surface area contributed by atoms with E-state index in [-0.39, 0.29) is 25.1 Å². The molecule has 0 bridgehead atoms. The van der Waals surface area contributed by atoms with Crippen molar-refractivity contribution in [2.75, 3.05) is 33.7 Å². The van der Waals surface area contributed by atoms with Crippen LogP contribution in [0.3, 0.4) is 0 Å². The predicted molar refractivity (Wildman–Crippen MR) is 143 cm³/mol. The number of ketones is 1. The van der Waals surface area contributed by atoms with Crippen LogP contribution in [-0.4, -0.2) is 45.5 Å². The van der Waals surface area contributed by atoms with Crippen LogP contribution in [0.5, 0.6) is 17.2 Å². The molecule has 5 rings (SSSR count). The Morgan fingerprint density at radius 1 is 1.11 bits per heavy atom. The van der Waals surface area contributed by atoms with Crippen molar-refractivity contribution < 1.29 is 33.3 Å². The number of carbonyl (C=O) groups is 2. The summed E-state index contributed by atoms with van der Waals surface area (Å²) in [5, 5.41) is 3.39. The average molecular weight is 584 g/mol. The molecular weight excluding hydrogens is 554 g/mol. The zero-order valence-corrected chi connectivity index (χ0v) is 23.2. The van der Waals surface area contributed by atoms with Gasteiger partial charge in [0.05, 0.1) is 19.3 Å². The number of hydrogen-bond donors (Lipinski definition) is 1. The van der Waals surface area contributed by atoms with Crippen molar-refractivity contribution in [2.24, 2.45) is 0 Å². The van der Waals surface area contributed by atoms with Gasteiger partial charge in [0, 0.05) is 40.4 Å². The Hall–Kier alpha value is -3.30. The molecular formula is C29H30BrNO7. The number of esters is 1. The topological polar surface area (TPSA) is 92.3 Å². The molecule has 1 aliphatic carbocycles. The van der Waals surface area contributed by atoms with E-state index in [0.717, 1.165) is 27.0 Å². The molecule has 0 saturated carbocycles. The Labute approximate surface area is 230 Å². The highest BCUT2D eigenvalue weighted by Crippen LogP contribution is 2.49. The summed E-state index contributed by atoms with van der Waals surface area (Å²) in [6.07, 6.45) is 0.966. The normalized spacial score (nSPS) is 20.3. The maximum absolute atomic E-state index is 13.8. The lowest BCUT2D eigenvalue weighted by molar-refractivity contribution is -0.140. The number of allylic oxidation sites excluding steroid dienone is 3. The number of fused-ring (bicyclic) bond motifs is 1. The first-order valence-electron chi connectivity index (χ1n) is 12.6. The van der Waals surface area contributed by atoms with Gasteiger partial charge in [0.15, 0.2) is 17.3 Å². The smallest absolute Gasteiger partial charge is 0.336 e. The van der Waals surface area contributed by atoms with Crippen LogP contribution in [0.4, 0.5) is 0 Å². The summed E-state index contributed by atoms with van der Waals surface area (Å²) >= 11 is 3.66. The van der Waals surface area contributed by atoms with Gasteiger partial charge in [-0.25, -0.2) is 4.79 Å². The van der Waals surface area contributed by atoms with Gasteiger partial charge >= 0.3 is 5.97 Å². The van der Waals surface area contributed by atoms with Crippen LogP contribution in [0.25, 0.3) is 0 Å². The van der Waals surface area contributed by atoms with E-state index in [4.69, 9.17) is 23.7 Å². The summed E-state index contributed by atoms with van der Waals surface area (Å²) in [6, 6.07) is 11.5. The minimum Gasteiger partial charge on any atom is -0.497 e. The lowest BCUT2D eigenvalue weighted by atomic mass is 9.71. The summed E-state index contributed by atoms with van der Waals surface area (Å²) in [5.74, 6) is 0.838. The third kappa shape index (κ3) is 5.05.